The van der Waals surface area contributed by atoms with E-state index in [9.17, 15) is 18.4 Å². The van der Waals surface area contributed by atoms with Crippen LogP contribution in [0, 0.1) is 11.6 Å². The molecule has 0 aromatic heterocycles. The maximum absolute atomic E-state index is 14.2. The predicted octanol–water partition coefficient (Wildman–Crippen LogP) is 5.17. The molecule has 0 aliphatic carbocycles. The Morgan fingerprint density at radius 2 is 1.67 bits per heavy atom. The van der Waals surface area contributed by atoms with E-state index in [4.69, 9.17) is 0 Å². The van der Waals surface area contributed by atoms with Crippen molar-refractivity contribution in [2.75, 3.05) is 11.9 Å². The number of anilines is 1. The molecule has 4 rings (SSSR count). The fourth-order valence-electron chi connectivity index (χ4n) is 3.37. The van der Waals surface area contributed by atoms with Gasteiger partial charge in [-0.05, 0) is 48.4 Å². The highest BCUT2D eigenvalue weighted by Gasteiger charge is 2.39. The minimum Gasteiger partial charge on any atom is -0.326 e. The summed E-state index contributed by atoms with van der Waals surface area (Å²) in [7, 11) is 0. The number of hydrogen-bond donors (Lipinski definition) is 1. The second-order valence-corrected chi connectivity index (χ2v) is 8.61. The molecule has 3 aromatic carbocycles. The van der Waals surface area contributed by atoms with Crippen molar-refractivity contribution in [3.8, 4) is 0 Å². The maximum Gasteiger partial charge on any atom is 0.242 e. The molecule has 3 aromatic rings. The summed E-state index contributed by atoms with van der Waals surface area (Å²) >= 11 is 1.15. The Kier molecular flexibility index (Phi) is 7.14. The van der Waals surface area contributed by atoms with Crippen LogP contribution in [0.2, 0.25) is 0 Å². The molecule has 0 unspecified atom stereocenters. The summed E-state index contributed by atoms with van der Waals surface area (Å²) in [4.78, 5) is 31.5. The third-order valence-corrected chi connectivity index (χ3v) is 6.23. The minimum atomic E-state index is -0.674. The Balaban J connectivity index is 1.52. The number of nitrogens with zero attached hydrogens (tertiary/aromatic N) is 2. The van der Waals surface area contributed by atoms with Gasteiger partial charge in [0.25, 0.3) is 0 Å². The van der Waals surface area contributed by atoms with Gasteiger partial charge in [-0.3, -0.25) is 14.5 Å². The van der Waals surface area contributed by atoms with E-state index in [1.54, 1.807) is 48.5 Å². The number of carbonyl (C=O) groups is 2. The number of benzene rings is 3. The highest BCUT2D eigenvalue weighted by Crippen LogP contribution is 2.32. The van der Waals surface area contributed by atoms with Crippen molar-refractivity contribution in [1.29, 1.82) is 0 Å². The van der Waals surface area contributed by atoms with Crippen molar-refractivity contribution >= 4 is 40.1 Å². The average Bonchev–Trinajstić information content (AvgIpc) is 3.09. The molecule has 1 heterocycles. The van der Waals surface area contributed by atoms with Gasteiger partial charge >= 0.3 is 0 Å². The predicted molar refractivity (Wildman–Crippen MR) is 126 cm³/mol. The van der Waals surface area contributed by atoms with Gasteiger partial charge in [-0.2, -0.15) is 0 Å². The van der Waals surface area contributed by atoms with E-state index >= 15 is 0 Å². The Bertz CT molecular complexity index is 1170. The van der Waals surface area contributed by atoms with Crippen molar-refractivity contribution in [2.45, 2.75) is 18.1 Å². The number of halogens is 2. The van der Waals surface area contributed by atoms with Crippen molar-refractivity contribution in [3.63, 3.8) is 0 Å². The van der Waals surface area contributed by atoms with E-state index in [2.05, 4.69) is 10.3 Å². The van der Waals surface area contributed by atoms with Crippen LogP contribution in [0.25, 0.3) is 0 Å². The van der Waals surface area contributed by atoms with Crippen LogP contribution in [0.1, 0.15) is 12.0 Å². The van der Waals surface area contributed by atoms with Gasteiger partial charge in [-0.25, -0.2) is 13.8 Å². The Morgan fingerprint density at radius 1 is 0.970 bits per heavy atom. The van der Waals surface area contributed by atoms with Crippen LogP contribution >= 0.6 is 11.8 Å². The summed E-state index contributed by atoms with van der Waals surface area (Å²) in [6, 6.07) is 21.1. The van der Waals surface area contributed by atoms with Crippen LogP contribution in [-0.2, 0) is 16.0 Å². The first-order valence-corrected chi connectivity index (χ1v) is 11.3. The number of amidine groups is 1. The van der Waals surface area contributed by atoms with Crippen LogP contribution in [0.4, 0.5) is 20.2 Å². The molecular weight excluding hydrogens is 444 g/mol. The van der Waals surface area contributed by atoms with Crippen molar-refractivity contribution in [2.24, 2.45) is 4.99 Å². The summed E-state index contributed by atoms with van der Waals surface area (Å²) in [6.07, 6.45) is 0.424. The Morgan fingerprint density at radius 3 is 2.39 bits per heavy atom. The molecule has 1 N–H and O–H groups in total. The van der Waals surface area contributed by atoms with Crippen LogP contribution in [0.5, 0.6) is 0 Å². The molecule has 0 bridgehead atoms. The van der Waals surface area contributed by atoms with Crippen molar-refractivity contribution in [1.82, 2.24) is 4.90 Å². The number of thioether (sulfide) groups is 1. The largest absolute Gasteiger partial charge is 0.326 e. The zero-order valence-corrected chi connectivity index (χ0v) is 18.4. The number of nitrogens with one attached hydrogen (secondary N) is 1. The van der Waals surface area contributed by atoms with Gasteiger partial charge in [0.05, 0.1) is 0 Å². The fourth-order valence-corrected chi connectivity index (χ4v) is 4.55. The van der Waals surface area contributed by atoms with E-state index in [1.165, 1.54) is 29.2 Å². The molecule has 168 valence electrons. The van der Waals surface area contributed by atoms with Crippen LogP contribution in [0.3, 0.4) is 0 Å². The highest BCUT2D eigenvalue weighted by atomic mass is 32.2. The van der Waals surface area contributed by atoms with E-state index in [-0.39, 0.29) is 36.3 Å². The average molecular weight is 466 g/mol. The van der Waals surface area contributed by atoms with Gasteiger partial charge < -0.3 is 5.32 Å². The summed E-state index contributed by atoms with van der Waals surface area (Å²) in [5.41, 5.74) is 1.62. The monoisotopic (exact) mass is 465 g/mol. The first-order chi connectivity index (χ1) is 16.0. The number of hydrogen-bond acceptors (Lipinski definition) is 4. The van der Waals surface area contributed by atoms with Crippen molar-refractivity contribution < 1.29 is 18.4 Å². The molecule has 1 fully saturated rings. The molecule has 1 aliphatic heterocycles. The number of carbonyl (C=O) groups excluding carboxylic acids is 2. The van der Waals surface area contributed by atoms with Crippen LogP contribution < -0.4 is 5.32 Å². The molecule has 1 atom stereocenters. The minimum absolute atomic E-state index is 0.0399. The van der Waals surface area contributed by atoms with Gasteiger partial charge in [-0.1, -0.05) is 54.2 Å². The SMILES string of the molecule is O=C(C[C@H]1SC(=Nc2ccccc2F)N(CCc2ccc(F)cc2)C1=O)Nc1ccccc1. The second kappa shape index (κ2) is 10.4. The molecule has 1 saturated heterocycles. The lowest BCUT2D eigenvalue weighted by Gasteiger charge is -2.16. The molecule has 8 heteroatoms. The zero-order valence-electron chi connectivity index (χ0n) is 17.6. The van der Waals surface area contributed by atoms with Gasteiger partial charge in [0.1, 0.15) is 22.6 Å². The highest BCUT2D eigenvalue weighted by molar-refractivity contribution is 8.15. The molecule has 1 aliphatic rings. The first kappa shape index (κ1) is 22.7. The normalized spacial score (nSPS) is 16.9. The lowest BCUT2D eigenvalue weighted by Crippen LogP contribution is -2.35. The first-order valence-electron chi connectivity index (χ1n) is 10.4. The third-order valence-electron chi connectivity index (χ3n) is 5.05. The quantitative estimate of drug-likeness (QED) is 0.524. The molecule has 5 nitrogen and oxygen atoms in total. The van der Waals surface area contributed by atoms with Gasteiger partial charge in [-0.15, -0.1) is 0 Å². The Hall–Kier alpha value is -3.52. The van der Waals surface area contributed by atoms with E-state index in [0.29, 0.717) is 17.3 Å². The summed E-state index contributed by atoms with van der Waals surface area (Å²) in [6.45, 7) is 0.279. The van der Waals surface area contributed by atoms with E-state index in [1.807, 2.05) is 6.07 Å². The number of aliphatic imine (C=N–C) groups is 1. The molecule has 2 amide bonds. The fraction of sp³-hybridized carbons (Fsp3) is 0.160. The zero-order chi connectivity index (χ0) is 23.2. The Labute approximate surface area is 194 Å². The van der Waals surface area contributed by atoms with Gasteiger partial charge in [0.15, 0.2) is 5.17 Å². The smallest absolute Gasteiger partial charge is 0.242 e. The van der Waals surface area contributed by atoms with Crippen LogP contribution in [0.15, 0.2) is 83.9 Å². The number of rotatable bonds is 7. The van der Waals surface area contributed by atoms with Gasteiger partial charge in [0, 0.05) is 18.7 Å². The lowest BCUT2D eigenvalue weighted by molar-refractivity contribution is -0.128. The molecule has 33 heavy (non-hydrogen) atoms. The standard InChI is InChI=1S/C25H21F2N3O2S/c26-18-12-10-17(11-13-18)14-15-30-24(32)22(16-23(31)28-19-6-2-1-3-7-19)33-25(30)29-21-9-5-4-8-20(21)27/h1-13,22H,14-16H2,(H,28,31)/t22-/m1/s1. The molecule has 0 spiro atoms. The van der Waals surface area contributed by atoms with E-state index in [0.717, 1.165) is 17.3 Å². The molecule has 0 saturated carbocycles. The summed E-state index contributed by atoms with van der Waals surface area (Å²) in [5.74, 6) is -1.39. The topological polar surface area (TPSA) is 61.8 Å². The lowest BCUT2D eigenvalue weighted by atomic mass is 10.1. The number of amides is 2. The molecular formula is C25H21F2N3O2S. The van der Waals surface area contributed by atoms with Crippen molar-refractivity contribution in [3.05, 3.63) is 96.1 Å². The third kappa shape index (κ3) is 5.84. The summed E-state index contributed by atoms with van der Waals surface area (Å²) < 4.78 is 27.4. The number of para-hydroxylation sites is 2. The summed E-state index contributed by atoms with van der Waals surface area (Å²) in [5, 5.41) is 2.45. The second-order valence-electron chi connectivity index (χ2n) is 7.44. The van der Waals surface area contributed by atoms with Crippen LogP contribution in [-0.4, -0.2) is 33.7 Å². The van der Waals surface area contributed by atoms with Gasteiger partial charge in [0.2, 0.25) is 11.8 Å². The van der Waals surface area contributed by atoms with E-state index < -0.39 is 11.1 Å². The maximum atomic E-state index is 14.2. The molecule has 0 radical (unpaired) electrons.